The van der Waals surface area contributed by atoms with Crippen LogP contribution in [-0.2, 0) is 0 Å². The first-order valence-corrected chi connectivity index (χ1v) is 8.05. The van der Waals surface area contributed by atoms with Crippen molar-refractivity contribution in [2.75, 3.05) is 7.11 Å². The van der Waals surface area contributed by atoms with E-state index in [1.165, 1.54) is 0 Å². The van der Waals surface area contributed by atoms with Crippen LogP contribution in [0.2, 0.25) is 0 Å². The highest BCUT2D eigenvalue weighted by Crippen LogP contribution is 2.38. The van der Waals surface area contributed by atoms with Gasteiger partial charge in [0.1, 0.15) is 10.5 Å². The van der Waals surface area contributed by atoms with Crippen molar-refractivity contribution < 1.29 is 4.74 Å². The van der Waals surface area contributed by atoms with Crippen LogP contribution in [0.3, 0.4) is 0 Å². The third-order valence-electron chi connectivity index (χ3n) is 3.59. The molecule has 1 aromatic carbocycles. The molecule has 0 aliphatic heterocycles. The maximum Gasteiger partial charge on any atom is 0.318 e. The molecular weight excluding hydrogens is 306 g/mol. The highest BCUT2D eigenvalue weighted by molar-refractivity contribution is 7.17. The summed E-state index contributed by atoms with van der Waals surface area (Å²) in [5.41, 5.74) is 3.87. The van der Waals surface area contributed by atoms with Crippen molar-refractivity contribution in [3.05, 3.63) is 60.1 Å². The second kappa shape index (κ2) is 5.78. The van der Waals surface area contributed by atoms with Crippen molar-refractivity contribution in [2.24, 2.45) is 0 Å². The lowest BCUT2D eigenvalue weighted by Crippen LogP contribution is -1.96. The molecule has 0 aliphatic carbocycles. The predicted molar refractivity (Wildman–Crippen MR) is 92.6 cm³/mol. The van der Waals surface area contributed by atoms with Gasteiger partial charge in [-0.25, -0.2) is 0 Å². The van der Waals surface area contributed by atoms with Crippen LogP contribution in [-0.4, -0.2) is 22.1 Å². The van der Waals surface area contributed by atoms with Gasteiger partial charge in [0.2, 0.25) is 0 Å². The lowest BCUT2D eigenvalue weighted by molar-refractivity contribution is 0.382. The summed E-state index contributed by atoms with van der Waals surface area (Å²) in [6.07, 6.45) is 1.77. The molecule has 0 radical (unpaired) electrons. The quantitative estimate of drug-likeness (QED) is 0.560. The van der Waals surface area contributed by atoms with E-state index in [1.54, 1.807) is 24.6 Å². The fourth-order valence-electron chi connectivity index (χ4n) is 2.53. The number of benzene rings is 1. The molecule has 0 saturated heterocycles. The van der Waals surface area contributed by atoms with Crippen molar-refractivity contribution in [2.45, 2.75) is 0 Å². The summed E-state index contributed by atoms with van der Waals surface area (Å²) in [6, 6.07) is 16.4. The van der Waals surface area contributed by atoms with Gasteiger partial charge in [-0.15, -0.1) is 11.3 Å². The molecule has 4 aromatic rings. The first-order chi connectivity index (χ1) is 11.4. The van der Waals surface area contributed by atoms with Gasteiger partial charge in [-0.2, -0.15) is 9.97 Å². The second-order valence-electron chi connectivity index (χ2n) is 4.97. The molecule has 0 atom stereocenters. The molecule has 3 aromatic heterocycles. The Bertz CT molecular complexity index is 952. The first-order valence-electron chi connectivity index (χ1n) is 7.17. The Labute approximate surface area is 137 Å². The van der Waals surface area contributed by atoms with Gasteiger partial charge in [-0.05, 0) is 17.7 Å². The van der Waals surface area contributed by atoms with Gasteiger partial charge >= 0.3 is 6.01 Å². The number of pyridine rings is 1. The van der Waals surface area contributed by atoms with E-state index >= 15 is 0 Å². The van der Waals surface area contributed by atoms with E-state index in [0.29, 0.717) is 6.01 Å². The normalized spacial score (nSPS) is 10.8. The van der Waals surface area contributed by atoms with E-state index in [-0.39, 0.29) is 0 Å². The summed E-state index contributed by atoms with van der Waals surface area (Å²) in [4.78, 5) is 14.4. The van der Waals surface area contributed by atoms with Crippen LogP contribution < -0.4 is 4.74 Å². The van der Waals surface area contributed by atoms with Crippen LogP contribution in [0, 0.1) is 0 Å². The van der Waals surface area contributed by atoms with Crippen molar-refractivity contribution in [3.63, 3.8) is 0 Å². The second-order valence-corrected chi connectivity index (χ2v) is 5.83. The standard InChI is InChI=1S/C18H13N3OS/c1-22-18-20-16(14-9-5-6-10-19-14)15-13(11-23-17(15)21-18)12-7-3-2-4-8-12/h2-11H,1H3. The van der Waals surface area contributed by atoms with Gasteiger partial charge in [-0.3, -0.25) is 4.98 Å². The number of nitrogens with zero attached hydrogens (tertiary/aromatic N) is 3. The molecule has 4 nitrogen and oxygen atoms in total. The summed E-state index contributed by atoms with van der Waals surface area (Å²) in [6.45, 7) is 0. The zero-order chi connectivity index (χ0) is 15.6. The fourth-order valence-corrected chi connectivity index (χ4v) is 3.47. The number of thiophene rings is 1. The molecule has 5 heteroatoms. The van der Waals surface area contributed by atoms with Gasteiger partial charge in [0.15, 0.2) is 0 Å². The zero-order valence-electron chi connectivity index (χ0n) is 12.4. The van der Waals surface area contributed by atoms with E-state index in [2.05, 4.69) is 32.5 Å². The minimum Gasteiger partial charge on any atom is -0.467 e. The molecule has 112 valence electrons. The molecule has 0 N–H and O–H groups in total. The lowest BCUT2D eigenvalue weighted by Gasteiger charge is -2.07. The molecule has 0 aliphatic rings. The van der Waals surface area contributed by atoms with Gasteiger partial charge < -0.3 is 4.74 Å². The van der Waals surface area contributed by atoms with Crippen LogP contribution >= 0.6 is 11.3 Å². The monoisotopic (exact) mass is 319 g/mol. The highest BCUT2D eigenvalue weighted by atomic mass is 32.1. The summed E-state index contributed by atoms with van der Waals surface area (Å²) >= 11 is 1.59. The van der Waals surface area contributed by atoms with Crippen molar-refractivity contribution in [1.82, 2.24) is 15.0 Å². The molecule has 4 rings (SSSR count). The van der Waals surface area contributed by atoms with E-state index < -0.39 is 0 Å². The summed E-state index contributed by atoms with van der Waals surface area (Å²) < 4.78 is 5.26. The fraction of sp³-hybridized carbons (Fsp3) is 0.0556. The zero-order valence-corrected chi connectivity index (χ0v) is 13.2. The Morgan fingerprint density at radius 1 is 0.957 bits per heavy atom. The Hall–Kier alpha value is -2.79. The molecular formula is C18H13N3OS. The third kappa shape index (κ3) is 2.45. The number of rotatable bonds is 3. The number of hydrogen-bond donors (Lipinski definition) is 0. The number of ether oxygens (including phenoxy) is 1. The Kier molecular flexibility index (Phi) is 3.48. The molecule has 0 saturated carbocycles. The van der Waals surface area contributed by atoms with Crippen LogP contribution in [0.1, 0.15) is 0 Å². The topological polar surface area (TPSA) is 47.9 Å². The van der Waals surface area contributed by atoms with Crippen LogP contribution in [0.15, 0.2) is 60.1 Å². The molecule has 3 heterocycles. The first kappa shape index (κ1) is 13.8. The van der Waals surface area contributed by atoms with Crippen molar-refractivity contribution in [1.29, 1.82) is 0 Å². The van der Waals surface area contributed by atoms with E-state index in [9.17, 15) is 0 Å². The largest absolute Gasteiger partial charge is 0.467 e. The Morgan fingerprint density at radius 3 is 2.52 bits per heavy atom. The smallest absolute Gasteiger partial charge is 0.318 e. The summed E-state index contributed by atoms with van der Waals surface area (Å²) in [5, 5.41) is 3.13. The van der Waals surface area contributed by atoms with Crippen LogP contribution in [0.5, 0.6) is 6.01 Å². The highest BCUT2D eigenvalue weighted by Gasteiger charge is 2.17. The maximum atomic E-state index is 5.26. The number of fused-ring (bicyclic) bond motifs is 1. The predicted octanol–water partition coefficient (Wildman–Crippen LogP) is 4.43. The number of hydrogen-bond acceptors (Lipinski definition) is 5. The minimum atomic E-state index is 0.361. The molecule has 23 heavy (non-hydrogen) atoms. The molecule has 0 fully saturated rings. The van der Waals surface area contributed by atoms with E-state index in [0.717, 1.165) is 32.7 Å². The Balaban J connectivity index is 2.05. The lowest BCUT2D eigenvalue weighted by atomic mass is 10.0. The Morgan fingerprint density at radius 2 is 1.78 bits per heavy atom. The SMILES string of the molecule is COc1nc(-c2ccccn2)c2c(-c3ccccc3)csc2n1. The molecule has 0 unspecified atom stereocenters. The average molecular weight is 319 g/mol. The average Bonchev–Trinajstić information content (AvgIpc) is 3.06. The van der Waals surface area contributed by atoms with E-state index in [1.807, 2.05) is 36.4 Å². The van der Waals surface area contributed by atoms with Gasteiger partial charge in [0, 0.05) is 22.5 Å². The van der Waals surface area contributed by atoms with Crippen LogP contribution in [0.25, 0.3) is 32.7 Å². The summed E-state index contributed by atoms with van der Waals surface area (Å²) in [7, 11) is 1.58. The third-order valence-corrected chi connectivity index (χ3v) is 4.46. The van der Waals surface area contributed by atoms with E-state index in [4.69, 9.17) is 4.74 Å². The van der Waals surface area contributed by atoms with Crippen molar-refractivity contribution >= 4 is 21.6 Å². The molecule has 0 amide bonds. The molecule has 0 bridgehead atoms. The van der Waals surface area contributed by atoms with Crippen molar-refractivity contribution in [3.8, 4) is 28.5 Å². The number of methoxy groups -OCH3 is 1. The van der Waals surface area contributed by atoms with Gasteiger partial charge in [0.25, 0.3) is 0 Å². The maximum absolute atomic E-state index is 5.26. The van der Waals surface area contributed by atoms with Gasteiger partial charge in [-0.1, -0.05) is 36.4 Å². The summed E-state index contributed by atoms with van der Waals surface area (Å²) in [5.74, 6) is 0. The van der Waals surface area contributed by atoms with Crippen LogP contribution in [0.4, 0.5) is 0 Å². The molecule has 0 spiro atoms. The van der Waals surface area contributed by atoms with Gasteiger partial charge in [0.05, 0.1) is 12.8 Å². The minimum absolute atomic E-state index is 0.361. The number of aromatic nitrogens is 3.